The number of benzene rings is 1. The molecule has 0 N–H and O–H groups in total. The van der Waals surface area contributed by atoms with Crippen molar-refractivity contribution >= 4 is 5.78 Å². The van der Waals surface area contributed by atoms with Crippen LogP contribution in [0.15, 0.2) is 42.5 Å². The van der Waals surface area contributed by atoms with Crippen LogP contribution < -0.4 is 0 Å². The van der Waals surface area contributed by atoms with Gasteiger partial charge in [-0.1, -0.05) is 49.4 Å². The van der Waals surface area contributed by atoms with E-state index in [1.807, 2.05) is 49.4 Å². The topological polar surface area (TPSA) is 26.3 Å². The molecule has 0 aliphatic rings. The third-order valence-electron chi connectivity index (χ3n) is 2.68. The summed E-state index contributed by atoms with van der Waals surface area (Å²) >= 11 is 0. The summed E-state index contributed by atoms with van der Waals surface area (Å²) in [6.45, 7) is 4.80. The van der Waals surface area contributed by atoms with Crippen molar-refractivity contribution < 1.29 is 9.53 Å². The zero-order chi connectivity index (χ0) is 12.5. The Labute approximate surface area is 103 Å². The van der Waals surface area contributed by atoms with E-state index in [1.54, 1.807) is 6.92 Å². The highest BCUT2D eigenvalue weighted by atomic mass is 16.5. The lowest BCUT2D eigenvalue weighted by molar-refractivity contribution is -0.120. The third kappa shape index (κ3) is 6.03. The minimum Gasteiger partial charge on any atom is -0.373 e. The quantitative estimate of drug-likeness (QED) is 0.532. The molecule has 0 bridgehead atoms. The van der Waals surface area contributed by atoms with E-state index >= 15 is 0 Å². The van der Waals surface area contributed by atoms with Crippen LogP contribution in [0.5, 0.6) is 0 Å². The number of carbonyl (C=O) groups excluding carboxylic acids is 1. The Balaban J connectivity index is 2.12. The lowest BCUT2D eigenvalue weighted by Crippen LogP contribution is -2.04. The van der Waals surface area contributed by atoms with Gasteiger partial charge in [0.2, 0.25) is 0 Å². The SMILES string of the molecule is CC(=O)C(C)C/C=C\COCc1ccccc1. The van der Waals surface area contributed by atoms with Crippen molar-refractivity contribution in [3.8, 4) is 0 Å². The molecule has 1 rings (SSSR count). The van der Waals surface area contributed by atoms with Crippen molar-refractivity contribution in [1.82, 2.24) is 0 Å². The van der Waals surface area contributed by atoms with Crippen molar-refractivity contribution in [1.29, 1.82) is 0 Å². The van der Waals surface area contributed by atoms with Crippen LogP contribution in [0.2, 0.25) is 0 Å². The molecule has 17 heavy (non-hydrogen) atoms. The van der Waals surface area contributed by atoms with E-state index < -0.39 is 0 Å². The van der Waals surface area contributed by atoms with Gasteiger partial charge in [0.15, 0.2) is 0 Å². The highest BCUT2D eigenvalue weighted by Crippen LogP contribution is 2.04. The van der Waals surface area contributed by atoms with Gasteiger partial charge in [0.05, 0.1) is 13.2 Å². The minimum atomic E-state index is 0.111. The average Bonchev–Trinajstić information content (AvgIpc) is 2.34. The second-order valence-electron chi connectivity index (χ2n) is 4.22. The van der Waals surface area contributed by atoms with Gasteiger partial charge in [-0.05, 0) is 18.9 Å². The third-order valence-corrected chi connectivity index (χ3v) is 2.68. The molecule has 1 atom stereocenters. The lowest BCUT2D eigenvalue weighted by atomic mass is 10.0. The van der Waals surface area contributed by atoms with E-state index in [0.717, 1.165) is 6.42 Å². The van der Waals surface area contributed by atoms with Gasteiger partial charge in [-0.3, -0.25) is 4.79 Å². The molecule has 92 valence electrons. The summed E-state index contributed by atoms with van der Waals surface area (Å²) in [6.07, 6.45) is 4.78. The monoisotopic (exact) mass is 232 g/mol. The average molecular weight is 232 g/mol. The fourth-order valence-corrected chi connectivity index (χ4v) is 1.35. The number of carbonyl (C=O) groups is 1. The molecule has 1 aromatic carbocycles. The molecular weight excluding hydrogens is 212 g/mol. The molecule has 0 aromatic heterocycles. The standard InChI is InChI=1S/C15H20O2/c1-13(14(2)16)8-6-7-11-17-12-15-9-4-3-5-10-15/h3-7,9-10,13H,8,11-12H2,1-2H3/b7-6-. The van der Waals surface area contributed by atoms with Gasteiger partial charge in [0.1, 0.15) is 5.78 Å². The Hall–Kier alpha value is -1.41. The first-order chi connectivity index (χ1) is 8.20. The van der Waals surface area contributed by atoms with E-state index in [2.05, 4.69) is 0 Å². The van der Waals surface area contributed by atoms with Gasteiger partial charge >= 0.3 is 0 Å². The lowest BCUT2D eigenvalue weighted by Gasteiger charge is -2.03. The Kier molecular flexibility index (Phi) is 6.26. The summed E-state index contributed by atoms with van der Waals surface area (Å²) in [5.41, 5.74) is 1.18. The Morgan fingerprint density at radius 1 is 1.29 bits per heavy atom. The maximum absolute atomic E-state index is 11.0. The van der Waals surface area contributed by atoms with Gasteiger partial charge in [-0.15, -0.1) is 0 Å². The molecule has 0 spiro atoms. The van der Waals surface area contributed by atoms with Gasteiger partial charge in [0, 0.05) is 5.92 Å². The van der Waals surface area contributed by atoms with Gasteiger partial charge in [-0.25, -0.2) is 0 Å². The molecule has 1 aromatic rings. The van der Waals surface area contributed by atoms with Crippen LogP contribution in [-0.4, -0.2) is 12.4 Å². The zero-order valence-electron chi connectivity index (χ0n) is 10.6. The fourth-order valence-electron chi connectivity index (χ4n) is 1.35. The highest BCUT2D eigenvalue weighted by molar-refractivity contribution is 5.77. The van der Waals surface area contributed by atoms with Crippen molar-refractivity contribution in [2.24, 2.45) is 5.92 Å². The summed E-state index contributed by atoms with van der Waals surface area (Å²) in [7, 11) is 0. The molecule has 2 nitrogen and oxygen atoms in total. The van der Waals surface area contributed by atoms with Crippen LogP contribution >= 0.6 is 0 Å². The van der Waals surface area contributed by atoms with E-state index in [1.165, 1.54) is 5.56 Å². The fraction of sp³-hybridized carbons (Fsp3) is 0.400. The van der Waals surface area contributed by atoms with E-state index in [4.69, 9.17) is 4.74 Å². The molecule has 0 fully saturated rings. The largest absolute Gasteiger partial charge is 0.373 e. The molecule has 0 radical (unpaired) electrons. The maximum atomic E-state index is 11.0. The van der Waals surface area contributed by atoms with Crippen molar-refractivity contribution in [2.75, 3.05) is 6.61 Å². The van der Waals surface area contributed by atoms with Gasteiger partial charge < -0.3 is 4.74 Å². The molecule has 0 amide bonds. The second-order valence-corrected chi connectivity index (χ2v) is 4.22. The first-order valence-electron chi connectivity index (χ1n) is 5.97. The predicted octanol–water partition coefficient (Wildman–Crippen LogP) is 3.37. The Morgan fingerprint density at radius 2 is 2.00 bits per heavy atom. The van der Waals surface area contributed by atoms with E-state index in [-0.39, 0.29) is 11.7 Å². The van der Waals surface area contributed by atoms with Crippen LogP contribution in [0.1, 0.15) is 25.8 Å². The predicted molar refractivity (Wildman–Crippen MR) is 69.7 cm³/mol. The van der Waals surface area contributed by atoms with Gasteiger partial charge in [-0.2, -0.15) is 0 Å². The number of allylic oxidation sites excluding steroid dienone is 1. The number of Topliss-reactive ketones (excluding diaryl/α,β-unsaturated/α-hetero) is 1. The highest BCUT2D eigenvalue weighted by Gasteiger charge is 2.03. The molecular formula is C15H20O2. The number of hydrogen-bond acceptors (Lipinski definition) is 2. The number of hydrogen-bond donors (Lipinski definition) is 0. The smallest absolute Gasteiger partial charge is 0.132 e. The van der Waals surface area contributed by atoms with Crippen LogP contribution in [0.3, 0.4) is 0 Å². The van der Waals surface area contributed by atoms with Gasteiger partial charge in [0.25, 0.3) is 0 Å². The van der Waals surface area contributed by atoms with E-state index in [0.29, 0.717) is 13.2 Å². The summed E-state index contributed by atoms with van der Waals surface area (Å²) in [5, 5.41) is 0. The van der Waals surface area contributed by atoms with Crippen molar-refractivity contribution in [3.05, 3.63) is 48.0 Å². The molecule has 0 aliphatic carbocycles. The number of ether oxygens (including phenoxy) is 1. The van der Waals surface area contributed by atoms with Crippen LogP contribution in [-0.2, 0) is 16.1 Å². The molecule has 0 saturated carbocycles. The zero-order valence-corrected chi connectivity index (χ0v) is 10.6. The summed E-state index contributed by atoms with van der Waals surface area (Å²) < 4.78 is 5.49. The minimum absolute atomic E-state index is 0.111. The van der Waals surface area contributed by atoms with Crippen LogP contribution in [0, 0.1) is 5.92 Å². The summed E-state index contributed by atoms with van der Waals surface area (Å²) in [4.78, 5) is 11.0. The molecule has 0 saturated heterocycles. The van der Waals surface area contributed by atoms with Crippen LogP contribution in [0.25, 0.3) is 0 Å². The Morgan fingerprint density at radius 3 is 2.65 bits per heavy atom. The molecule has 2 heteroatoms. The second kappa shape index (κ2) is 7.80. The van der Waals surface area contributed by atoms with Crippen LogP contribution in [0.4, 0.5) is 0 Å². The first kappa shape index (κ1) is 13.7. The van der Waals surface area contributed by atoms with Crippen molar-refractivity contribution in [2.45, 2.75) is 26.9 Å². The van der Waals surface area contributed by atoms with Crippen molar-refractivity contribution in [3.63, 3.8) is 0 Å². The number of ketones is 1. The normalized spacial score (nSPS) is 12.8. The Bertz CT molecular complexity index is 354. The number of rotatable bonds is 7. The maximum Gasteiger partial charge on any atom is 0.132 e. The summed E-state index contributed by atoms with van der Waals surface area (Å²) in [6, 6.07) is 10.1. The molecule has 1 unspecified atom stereocenters. The summed E-state index contributed by atoms with van der Waals surface area (Å²) in [5.74, 6) is 0.347. The van der Waals surface area contributed by atoms with E-state index in [9.17, 15) is 4.79 Å². The first-order valence-corrected chi connectivity index (χ1v) is 5.97. The molecule has 0 aliphatic heterocycles. The molecule has 0 heterocycles.